The minimum atomic E-state index is -0.499. The Kier molecular flexibility index (Phi) is 7.49. The molecule has 0 aromatic heterocycles. The Hall–Kier alpha value is -1.13. The van der Waals surface area contributed by atoms with Crippen LogP contribution in [0.1, 0.15) is 34.6 Å². The van der Waals surface area contributed by atoms with Crippen molar-refractivity contribution < 1.29 is 9.53 Å². The summed E-state index contributed by atoms with van der Waals surface area (Å²) in [6.07, 6.45) is -0.404. The number of benzene rings is 1. The van der Waals surface area contributed by atoms with Crippen molar-refractivity contribution in [2.75, 3.05) is 18.4 Å². The maximum absolute atomic E-state index is 11.8. The zero-order valence-corrected chi connectivity index (χ0v) is 15.9. The summed E-state index contributed by atoms with van der Waals surface area (Å²) in [5.41, 5.74) is 0.222. The lowest BCUT2D eigenvalue weighted by Gasteiger charge is -2.25. The fourth-order valence-electron chi connectivity index (χ4n) is 1.97. The predicted molar refractivity (Wildman–Crippen MR) is 97.5 cm³/mol. The van der Waals surface area contributed by atoms with Crippen molar-refractivity contribution in [2.45, 2.75) is 40.2 Å². The molecule has 1 aromatic carbocycles. The molecule has 0 spiro atoms. The summed E-state index contributed by atoms with van der Waals surface area (Å²) in [5, 5.41) is 7.26. The maximum atomic E-state index is 11.8. The van der Waals surface area contributed by atoms with Crippen LogP contribution >= 0.6 is 23.2 Å². The van der Waals surface area contributed by atoms with Gasteiger partial charge in [-0.2, -0.15) is 0 Å². The van der Waals surface area contributed by atoms with E-state index in [2.05, 4.69) is 24.5 Å². The van der Waals surface area contributed by atoms with Crippen molar-refractivity contribution in [3.8, 4) is 0 Å². The summed E-state index contributed by atoms with van der Waals surface area (Å²) < 4.78 is 5.26. The van der Waals surface area contributed by atoms with Gasteiger partial charge >= 0.3 is 6.09 Å². The minimum absolute atomic E-state index is 0.217. The van der Waals surface area contributed by atoms with Crippen LogP contribution in [0.2, 0.25) is 10.0 Å². The molecule has 6 heteroatoms. The van der Waals surface area contributed by atoms with Gasteiger partial charge < -0.3 is 15.4 Å². The summed E-state index contributed by atoms with van der Waals surface area (Å²) in [5.74, 6) is 0.591. The van der Waals surface area contributed by atoms with E-state index in [1.54, 1.807) is 18.2 Å². The second-order valence-electron chi connectivity index (χ2n) is 6.86. The van der Waals surface area contributed by atoms with E-state index in [0.29, 0.717) is 29.1 Å². The molecule has 0 aliphatic heterocycles. The van der Waals surface area contributed by atoms with Crippen molar-refractivity contribution in [3.63, 3.8) is 0 Å². The molecule has 1 aromatic rings. The Bertz CT molecular complexity index is 508. The number of para-hydroxylation sites is 1. The molecule has 0 aliphatic carbocycles. The molecule has 1 unspecified atom stereocenters. The van der Waals surface area contributed by atoms with Gasteiger partial charge in [-0.15, -0.1) is 0 Å². The van der Waals surface area contributed by atoms with Gasteiger partial charge in [0.2, 0.25) is 0 Å². The topological polar surface area (TPSA) is 50.4 Å². The third-order valence-electron chi connectivity index (χ3n) is 3.35. The van der Waals surface area contributed by atoms with Crippen molar-refractivity contribution in [1.29, 1.82) is 0 Å². The van der Waals surface area contributed by atoms with Gasteiger partial charge in [0.25, 0.3) is 0 Å². The van der Waals surface area contributed by atoms with Gasteiger partial charge in [0.05, 0.1) is 15.7 Å². The van der Waals surface area contributed by atoms with Gasteiger partial charge in [0.1, 0.15) is 5.60 Å². The first-order valence-corrected chi connectivity index (χ1v) is 8.50. The molecule has 0 aliphatic rings. The van der Waals surface area contributed by atoms with Crippen molar-refractivity contribution in [3.05, 3.63) is 28.2 Å². The Morgan fingerprint density at radius 1 is 1.17 bits per heavy atom. The summed E-state index contributed by atoms with van der Waals surface area (Å²) in [6, 6.07) is 5.39. The van der Waals surface area contributed by atoms with Crippen LogP contribution in [0.25, 0.3) is 0 Å². The van der Waals surface area contributed by atoms with E-state index in [9.17, 15) is 4.79 Å². The van der Waals surface area contributed by atoms with Crippen LogP contribution < -0.4 is 10.6 Å². The molecule has 2 N–H and O–H groups in total. The molecule has 0 heterocycles. The molecule has 23 heavy (non-hydrogen) atoms. The van der Waals surface area contributed by atoms with E-state index in [4.69, 9.17) is 27.9 Å². The second-order valence-corrected chi connectivity index (χ2v) is 7.68. The van der Waals surface area contributed by atoms with Crippen molar-refractivity contribution >= 4 is 35.0 Å². The normalized spacial score (nSPS) is 12.9. The molecule has 0 saturated heterocycles. The standard InChI is InChI=1S/C17H26Cl2N2O2/c1-11(2)12(10-21-16(22)23-17(3,4)5)9-20-15-13(18)7-6-8-14(15)19/h6-8,11-12,20H,9-10H2,1-5H3,(H,21,22). The number of rotatable bonds is 6. The van der Waals surface area contributed by atoms with Gasteiger partial charge in [0.15, 0.2) is 0 Å². The average molecular weight is 361 g/mol. The van der Waals surface area contributed by atoms with E-state index in [1.807, 2.05) is 20.8 Å². The zero-order valence-electron chi connectivity index (χ0n) is 14.4. The molecule has 1 rings (SSSR count). The summed E-state index contributed by atoms with van der Waals surface area (Å²) >= 11 is 12.3. The van der Waals surface area contributed by atoms with Crippen molar-refractivity contribution in [2.24, 2.45) is 11.8 Å². The number of amides is 1. The highest BCUT2D eigenvalue weighted by Crippen LogP contribution is 2.30. The fourth-order valence-corrected chi connectivity index (χ4v) is 2.50. The molecule has 4 nitrogen and oxygen atoms in total. The highest BCUT2D eigenvalue weighted by molar-refractivity contribution is 6.39. The monoisotopic (exact) mass is 360 g/mol. The van der Waals surface area contributed by atoms with Crippen LogP contribution in [0.3, 0.4) is 0 Å². The number of anilines is 1. The lowest BCUT2D eigenvalue weighted by molar-refractivity contribution is 0.0516. The van der Waals surface area contributed by atoms with E-state index >= 15 is 0 Å². The number of carbonyl (C=O) groups is 1. The van der Waals surface area contributed by atoms with E-state index < -0.39 is 11.7 Å². The molecule has 0 bridgehead atoms. The molecule has 0 fully saturated rings. The van der Waals surface area contributed by atoms with Gasteiger partial charge in [0, 0.05) is 13.1 Å². The Morgan fingerprint density at radius 2 is 1.74 bits per heavy atom. The lowest BCUT2D eigenvalue weighted by atomic mass is 9.95. The summed E-state index contributed by atoms with van der Waals surface area (Å²) in [4.78, 5) is 11.8. The van der Waals surface area contributed by atoms with Crippen LogP contribution in [0.15, 0.2) is 18.2 Å². The van der Waals surface area contributed by atoms with Crippen LogP contribution in [0.5, 0.6) is 0 Å². The molecule has 1 amide bonds. The maximum Gasteiger partial charge on any atom is 0.407 e. The fraction of sp³-hybridized carbons (Fsp3) is 0.588. The largest absolute Gasteiger partial charge is 0.444 e. The molecule has 1 atom stereocenters. The number of carbonyl (C=O) groups excluding carboxylic acids is 1. The van der Waals surface area contributed by atoms with Crippen LogP contribution in [-0.4, -0.2) is 24.8 Å². The van der Waals surface area contributed by atoms with Crippen LogP contribution in [0, 0.1) is 11.8 Å². The molecule has 130 valence electrons. The molecular weight excluding hydrogens is 335 g/mol. The van der Waals surface area contributed by atoms with E-state index in [-0.39, 0.29) is 5.92 Å². The van der Waals surface area contributed by atoms with Gasteiger partial charge in [-0.1, -0.05) is 43.1 Å². The molecular formula is C17H26Cl2N2O2. The third kappa shape index (κ3) is 7.32. The average Bonchev–Trinajstić information content (AvgIpc) is 2.38. The Balaban J connectivity index is 2.58. The highest BCUT2D eigenvalue weighted by atomic mass is 35.5. The highest BCUT2D eigenvalue weighted by Gasteiger charge is 2.19. The lowest BCUT2D eigenvalue weighted by Crippen LogP contribution is -2.38. The Morgan fingerprint density at radius 3 is 2.22 bits per heavy atom. The number of ether oxygens (including phenoxy) is 1. The minimum Gasteiger partial charge on any atom is -0.444 e. The first-order valence-electron chi connectivity index (χ1n) is 7.75. The number of halogens is 2. The van der Waals surface area contributed by atoms with E-state index in [1.165, 1.54) is 0 Å². The van der Waals surface area contributed by atoms with Gasteiger partial charge in [-0.05, 0) is 44.7 Å². The smallest absolute Gasteiger partial charge is 0.407 e. The van der Waals surface area contributed by atoms with Gasteiger partial charge in [-0.3, -0.25) is 0 Å². The summed E-state index contributed by atoms with van der Waals surface area (Å²) in [7, 11) is 0. The van der Waals surface area contributed by atoms with Gasteiger partial charge in [-0.25, -0.2) is 4.79 Å². The quantitative estimate of drug-likeness (QED) is 0.732. The second kappa shape index (κ2) is 8.65. The molecule has 0 radical (unpaired) electrons. The van der Waals surface area contributed by atoms with Crippen molar-refractivity contribution in [1.82, 2.24) is 5.32 Å². The predicted octanol–water partition coefficient (Wildman–Crippen LogP) is 5.20. The molecule has 0 saturated carbocycles. The first kappa shape index (κ1) is 19.9. The zero-order chi connectivity index (χ0) is 17.6. The SMILES string of the molecule is CC(C)C(CNC(=O)OC(C)(C)C)CNc1c(Cl)cccc1Cl. The van der Waals surface area contributed by atoms with E-state index in [0.717, 1.165) is 5.69 Å². The van der Waals surface area contributed by atoms with Crippen LogP contribution in [-0.2, 0) is 4.74 Å². The number of alkyl carbamates (subject to hydrolysis) is 1. The third-order valence-corrected chi connectivity index (χ3v) is 3.98. The number of hydrogen-bond acceptors (Lipinski definition) is 3. The Labute approximate surface area is 148 Å². The first-order chi connectivity index (χ1) is 10.6. The number of nitrogens with one attached hydrogen (secondary N) is 2. The summed E-state index contributed by atoms with van der Waals surface area (Å²) in [6.45, 7) is 10.9. The van der Waals surface area contributed by atoms with Crippen LogP contribution in [0.4, 0.5) is 10.5 Å². The number of hydrogen-bond donors (Lipinski definition) is 2.